The third-order valence-corrected chi connectivity index (χ3v) is 1.46. The minimum atomic E-state index is -1.07. The largest absolute Gasteiger partial charge is 0.476 e. The highest BCUT2D eigenvalue weighted by Gasteiger charge is 2.03. The summed E-state index contributed by atoms with van der Waals surface area (Å²) >= 11 is 0. The molecule has 5 nitrogen and oxygen atoms in total. The van der Waals surface area contributed by atoms with Crippen LogP contribution >= 0.6 is 0 Å². The number of carboxylic acids is 1. The second-order valence-electron chi connectivity index (χ2n) is 2.23. The lowest BCUT2D eigenvalue weighted by Crippen LogP contribution is -2.21. The van der Waals surface area contributed by atoms with Gasteiger partial charge in [-0.2, -0.15) is 5.10 Å². The molecule has 0 saturated heterocycles. The molecule has 0 amide bonds. The summed E-state index contributed by atoms with van der Waals surface area (Å²) in [6.07, 6.45) is 1.40. The molecule has 13 heavy (non-hydrogen) atoms. The number of nitrogens with zero attached hydrogens (tertiary/aromatic N) is 3. The summed E-state index contributed by atoms with van der Waals surface area (Å²) in [5.41, 5.74) is 0.521. The summed E-state index contributed by atoms with van der Waals surface area (Å²) in [5.74, 6) is -1.07. The van der Waals surface area contributed by atoms with Crippen molar-refractivity contribution >= 4 is 12.2 Å². The highest BCUT2D eigenvalue weighted by Crippen LogP contribution is 1.89. The van der Waals surface area contributed by atoms with Crippen molar-refractivity contribution in [3.63, 3.8) is 0 Å². The van der Waals surface area contributed by atoms with E-state index in [4.69, 9.17) is 5.11 Å². The minimum absolute atomic E-state index is 0.0349. The van der Waals surface area contributed by atoms with Crippen molar-refractivity contribution in [2.24, 2.45) is 4.99 Å². The number of hydrogen-bond donors (Lipinski definition) is 1. The van der Waals surface area contributed by atoms with E-state index in [-0.39, 0.29) is 5.69 Å². The molecule has 0 aliphatic heterocycles. The van der Waals surface area contributed by atoms with Gasteiger partial charge in [-0.15, -0.1) is 0 Å². The predicted octanol–water partition coefficient (Wildman–Crippen LogP) is 0.212. The third kappa shape index (κ3) is 1.81. The molecule has 0 atom stereocenters. The molecule has 0 aromatic carbocycles. The summed E-state index contributed by atoms with van der Waals surface area (Å²) in [5, 5.41) is 12.4. The van der Waals surface area contributed by atoms with Crippen LogP contribution < -0.4 is 5.49 Å². The number of hydrogen-bond acceptors (Lipinski definition) is 3. The van der Waals surface area contributed by atoms with Gasteiger partial charge < -0.3 is 5.11 Å². The van der Waals surface area contributed by atoms with Crippen molar-refractivity contribution in [3.05, 3.63) is 29.9 Å². The van der Waals surface area contributed by atoms with Crippen molar-refractivity contribution in [3.8, 4) is 0 Å². The number of carboxylic acid groups (broad SMARTS) is 1. The molecule has 68 valence electrons. The molecule has 0 bridgehead atoms. The van der Waals surface area contributed by atoms with E-state index in [1.807, 2.05) is 0 Å². The van der Waals surface area contributed by atoms with Crippen LogP contribution in [0.3, 0.4) is 0 Å². The van der Waals surface area contributed by atoms with Gasteiger partial charge in [-0.3, -0.25) is 4.99 Å². The van der Waals surface area contributed by atoms with Crippen molar-refractivity contribution in [2.45, 2.75) is 0 Å². The zero-order valence-corrected chi connectivity index (χ0v) is 7.14. The first-order valence-electron chi connectivity index (χ1n) is 3.57. The van der Waals surface area contributed by atoms with E-state index in [9.17, 15) is 4.79 Å². The van der Waals surface area contributed by atoms with Gasteiger partial charge in [0.15, 0.2) is 5.69 Å². The Hall–Kier alpha value is -1.91. The topological polar surface area (TPSA) is 67.5 Å². The molecule has 0 aliphatic rings. The third-order valence-electron chi connectivity index (χ3n) is 1.46. The molecular weight excluding hydrogens is 170 g/mol. The van der Waals surface area contributed by atoms with Crippen molar-refractivity contribution < 1.29 is 9.90 Å². The van der Waals surface area contributed by atoms with Gasteiger partial charge in [-0.1, -0.05) is 6.58 Å². The van der Waals surface area contributed by atoms with Crippen LogP contribution in [0.1, 0.15) is 10.5 Å². The lowest BCUT2D eigenvalue weighted by Gasteiger charge is -1.99. The van der Waals surface area contributed by atoms with Gasteiger partial charge in [-0.25, -0.2) is 9.48 Å². The Balaban J connectivity index is 3.38. The van der Waals surface area contributed by atoms with E-state index in [1.165, 1.54) is 16.9 Å². The molecule has 1 heterocycles. The van der Waals surface area contributed by atoms with Gasteiger partial charge in [-0.05, 0) is 12.1 Å². The van der Waals surface area contributed by atoms with Gasteiger partial charge in [0.2, 0.25) is 0 Å². The molecule has 1 aromatic heterocycles. The van der Waals surface area contributed by atoms with Crippen molar-refractivity contribution in [1.82, 2.24) is 9.78 Å². The van der Waals surface area contributed by atoms with E-state index in [0.717, 1.165) is 0 Å². The zero-order chi connectivity index (χ0) is 9.84. The molecule has 5 heteroatoms. The SMILES string of the molecule is C=Cn1nc(C(=O)O)ccc1=NC. The molecular formula is C8H9N3O2. The summed E-state index contributed by atoms with van der Waals surface area (Å²) in [6.45, 7) is 3.49. The van der Waals surface area contributed by atoms with Crippen LogP contribution in [-0.2, 0) is 0 Å². The van der Waals surface area contributed by atoms with Crippen LogP contribution in [0.5, 0.6) is 0 Å². The summed E-state index contributed by atoms with van der Waals surface area (Å²) in [4.78, 5) is 14.4. The van der Waals surface area contributed by atoms with E-state index in [1.54, 1.807) is 13.1 Å². The summed E-state index contributed by atoms with van der Waals surface area (Å²) < 4.78 is 1.31. The van der Waals surface area contributed by atoms with E-state index < -0.39 is 5.97 Å². The Morgan fingerprint density at radius 3 is 2.92 bits per heavy atom. The second kappa shape index (κ2) is 3.66. The Bertz CT molecular complexity index is 406. The van der Waals surface area contributed by atoms with Gasteiger partial charge in [0.05, 0.1) is 0 Å². The van der Waals surface area contributed by atoms with Crippen LogP contribution in [0, 0.1) is 0 Å². The number of rotatable bonds is 2. The fourth-order valence-corrected chi connectivity index (χ4v) is 0.856. The maximum Gasteiger partial charge on any atom is 0.356 e. The highest BCUT2D eigenvalue weighted by atomic mass is 16.4. The Morgan fingerprint density at radius 1 is 1.77 bits per heavy atom. The van der Waals surface area contributed by atoms with Gasteiger partial charge in [0.1, 0.15) is 5.49 Å². The summed E-state index contributed by atoms with van der Waals surface area (Å²) in [7, 11) is 1.59. The quantitative estimate of drug-likeness (QED) is 0.705. The molecule has 0 aliphatic carbocycles. The highest BCUT2D eigenvalue weighted by molar-refractivity contribution is 5.84. The molecule has 0 radical (unpaired) electrons. The van der Waals surface area contributed by atoms with Gasteiger partial charge in [0, 0.05) is 13.2 Å². The second-order valence-corrected chi connectivity index (χ2v) is 2.23. The molecule has 1 N–H and O–H groups in total. The molecule has 0 saturated carbocycles. The standard InChI is InChI=1S/C8H9N3O2/c1-3-11-7(9-2)5-4-6(10-11)8(12)13/h3-5H,1H2,2H3,(H,12,13). The van der Waals surface area contributed by atoms with Gasteiger partial charge in [0.25, 0.3) is 0 Å². The van der Waals surface area contributed by atoms with E-state index in [0.29, 0.717) is 5.49 Å². The van der Waals surface area contributed by atoms with Crippen LogP contribution in [0.2, 0.25) is 0 Å². The number of carbonyl (C=O) groups is 1. The Labute approximate surface area is 74.7 Å². The Morgan fingerprint density at radius 2 is 2.46 bits per heavy atom. The first kappa shape index (κ1) is 9.18. The maximum absolute atomic E-state index is 10.5. The zero-order valence-electron chi connectivity index (χ0n) is 7.14. The molecule has 1 aromatic rings. The predicted molar refractivity (Wildman–Crippen MR) is 47.1 cm³/mol. The Kier molecular flexibility index (Phi) is 2.59. The van der Waals surface area contributed by atoms with E-state index in [2.05, 4.69) is 16.7 Å². The fourth-order valence-electron chi connectivity index (χ4n) is 0.856. The van der Waals surface area contributed by atoms with Gasteiger partial charge >= 0.3 is 5.97 Å². The number of aromatic carboxylic acids is 1. The average Bonchev–Trinajstić information content (AvgIpc) is 2.16. The fraction of sp³-hybridized carbons (Fsp3) is 0.125. The monoisotopic (exact) mass is 179 g/mol. The minimum Gasteiger partial charge on any atom is -0.476 e. The molecule has 0 fully saturated rings. The summed E-state index contributed by atoms with van der Waals surface area (Å²) in [6, 6.07) is 2.96. The normalized spacial score (nSPS) is 11.3. The lowest BCUT2D eigenvalue weighted by atomic mass is 10.4. The molecule has 0 spiro atoms. The lowest BCUT2D eigenvalue weighted by molar-refractivity contribution is 0.0688. The van der Waals surface area contributed by atoms with Crippen molar-refractivity contribution in [1.29, 1.82) is 0 Å². The van der Waals surface area contributed by atoms with Crippen molar-refractivity contribution in [2.75, 3.05) is 7.05 Å². The molecule has 1 rings (SSSR count). The van der Waals surface area contributed by atoms with Crippen LogP contribution in [0.15, 0.2) is 23.7 Å². The van der Waals surface area contributed by atoms with Crippen LogP contribution in [0.4, 0.5) is 0 Å². The smallest absolute Gasteiger partial charge is 0.356 e. The van der Waals surface area contributed by atoms with E-state index >= 15 is 0 Å². The van der Waals surface area contributed by atoms with Crippen LogP contribution in [-0.4, -0.2) is 27.9 Å². The maximum atomic E-state index is 10.5. The first-order valence-corrected chi connectivity index (χ1v) is 3.57. The first-order chi connectivity index (χ1) is 6.19. The average molecular weight is 179 g/mol. The molecule has 0 unspecified atom stereocenters. The van der Waals surface area contributed by atoms with Crippen LogP contribution in [0.25, 0.3) is 6.20 Å². The number of aromatic nitrogens is 2.